The molecule has 0 heterocycles. The molecule has 3 aromatic rings. The maximum atomic E-state index is 12.4. The number of hydrazone groups is 1. The SMILES string of the molecule is CCOc1ccc(C(=O)N/N=C/c2ccc(OCc3ccc(C)cc3)c(Br)c2)cc1OC. The Bertz CT molecular complexity index is 1100. The Labute approximate surface area is 196 Å². The van der Waals surface area contributed by atoms with Gasteiger partial charge < -0.3 is 14.2 Å². The fourth-order valence-corrected chi connectivity index (χ4v) is 3.38. The number of nitrogens with zero attached hydrogens (tertiary/aromatic N) is 1. The summed E-state index contributed by atoms with van der Waals surface area (Å²) in [5.41, 5.74) is 6.07. The number of benzene rings is 3. The summed E-state index contributed by atoms with van der Waals surface area (Å²) in [5.74, 6) is 1.46. The van der Waals surface area contributed by atoms with Crippen molar-refractivity contribution in [3.63, 3.8) is 0 Å². The number of halogens is 1. The molecule has 3 aromatic carbocycles. The molecular formula is C25H25BrN2O4. The Morgan fingerprint density at radius 1 is 1.00 bits per heavy atom. The number of methoxy groups -OCH3 is 1. The molecule has 0 bridgehead atoms. The van der Waals surface area contributed by atoms with E-state index in [-0.39, 0.29) is 5.91 Å². The van der Waals surface area contributed by atoms with Crippen LogP contribution in [-0.4, -0.2) is 25.8 Å². The van der Waals surface area contributed by atoms with Gasteiger partial charge in [-0.1, -0.05) is 29.8 Å². The van der Waals surface area contributed by atoms with Crippen molar-refractivity contribution >= 4 is 28.1 Å². The van der Waals surface area contributed by atoms with Gasteiger partial charge in [0.1, 0.15) is 12.4 Å². The molecule has 0 radical (unpaired) electrons. The van der Waals surface area contributed by atoms with E-state index in [1.54, 1.807) is 24.4 Å². The summed E-state index contributed by atoms with van der Waals surface area (Å²) in [4.78, 5) is 12.4. The summed E-state index contributed by atoms with van der Waals surface area (Å²) >= 11 is 3.53. The fraction of sp³-hybridized carbons (Fsp3) is 0.200. The van der Waals surface area contributed by atoms with E-state index >= 15 is 0 Å². The average Bonchev–Trinajstić information content (AvgIpc) is 2.80. The van der Waals surface area contributed by atoms with Gasteiger partial charge in [0.05, 0.1) is 24.4 Å². The third-order valence-electron chi connectivity index (χ3n) is 4.58. The van der Waals surface area contributed by atoms with Crippen LogP contribution < -0.4 is 19.6 Å². The number of rotatable bonds is 9. The number of ether oxygens (including phenoxy) is 3. The quantitative estimate of drug-likeness (QED) is 0.313. The van der Waals surface area contributed by atoms with E-state index in [4.69, 9.17) is 14.2 Å². The summed E-state index contributed by atoms with van der Waals surface area (Å²) in [6.07, 6.45) is 1.57. The largest absolute Gasteiger partial charge is 0.493 e. The zero-order valence-corrected chi connectivity index (χ0v) is 19.8. The molecule has 7 heteroatoms. The van der Waals surface area contributed by atoms with Gasteiger partial charge in [0.2, 0.25) is 0 Å². The molecule has 6 nitrogen and oxygen atoms in total. The van der Waals surface area contributed by atoms with Crippen LogP contribution in [0.3, 0.4) is 0 Å². The molecule has 0 atom stereocenters. The minimum atomic E-state index is -0.347. The van der Waals surface area contributed by atoms with Gasteiger partial charge in [0.25, 0.3) is 5.91 Å². The highest BCUT2D eigenvalue weighted by Crippen LogP contribution is 2.28. The van der Waals surface area contributed by atoms with Crippen molar-refractivity contribution in [3.05, 3.63) is 87.4 Å². The lowest BCUT2D eigenvalue weighted by molar-refractivity contribution is 0.0954. The van der Waals surface area contributed by atoms with Crippen molar-refractivity contribution < 1.29 is 19.0 Å². The average molecular weight is 497 g/mol. The van der Waals surface area contributed by atoms with Crippen LogP contribution >= 0.6 is 15.9 Å². The molecule has 32 heavy (non-hydrogen) atoms. The molecule has 0 spiro atoms. The molecule has 1 amide bonds. The highest BCUT2D eigenvalue weighted by atomic mass is 79.9. The monoisotopic (exact) mass is 496 g/mol. The highest BCUT2D eigenvalue weighted by molar-refractivity contribution is 9.10. The summed E-state index contributed by atoms with van der Waals surface area (Å²) < 4.78 is 17.4. The summed E-state index contributed by atoms with van der Waals surface area (Å²) in [6.45, 7) is 4.93. The number of carbonyl (C=O) groups is 1. The molecule has 1 N–H and O–H groups in total. The first-order valence-corrected chi connectivity index (χ1v) is 10.9. The van der Waals surface area contributed by atoms with E-state index in [0.29, 0.717) is 30.3 Å². The van der Waals surface area contributed by atoms with Gasteiger partial charge >= 0.3 is 0 Å². The Morgan fingerprint density at radius 2 is 1.75 bits per heavy atom. The maximum Gasteiger partial charge on any atom is 0.271 e. The lowest BCUT2D eigenvalue weighted by atomic mass is 10.2. The lowest BCUT2D eigenvalue weighted by Gasteiger charge is -2.10. The van der Waals surface area contributed by atoms with Crippen LogP contribution in [0.1, 0.15) is 34.0 Å². The number of amides is 1. The van der Waals surface area contributed by atoms with Crippen LogP contribution in [0.5, 0.6) is 17.2 Å². The topological polar surface area (TPSA) is 69.2 Å². The van der Waals surface area contributed by atoms with Crippen LogP contribution in [-0.2, 0) is 6.61 Å². The van der Waals surface area contributed by atoms with Crippen LogP contribution in [0, 0.1) is 6.92 Å². The molecule has 0 aliphatic rings. The van der Waals surface area contributed by atoms with Crippen molar-refractivity contribution in [2.45, 2.75) is 20.5 Å². The zero-order valence-electron chi connectivity index (χ0n) is 18.2. The highest BCUT2D eigenvalue weighted by Gasteiger charge is 2.10. The Kier molecular flexibility index (Phi) is 8.27. The minimum Gasteiger partial charge on any atom is -0.493 e. The lowest BCUT2D eigenvalue weighted by Crippen LogP contribution is -2.17. The van der Waals surface area contributed by atoms with E-state index in [9.17, 15) is 4.79 Å². The number of aryl methyl sites for hydroxylation is 1. The van der Waals surface area contributed by atoms with Crippen molar-refractivity contribution in [3.8, 4) is 17.2 Å². The van der Waals surface area contributed by atoms with Gasteiger partial charge in [0, 0.05) is 5.56 Å². The Morgan fingerprint density at radius 3 is 2.44 bits per heavy atom. The summed E-state index contributed by atoms with van der Waals surface area (Å²) in [6, 6.07) is 18.8. The summed E-state index contributed by atoms with van der Waals surface area (Å²) in [5, 5.41) is 4.05. The van der Waals surface area contributed by atoms with Gasteiger partial charge in [-0.15, -0.1) is 0 Å². The third-order valence-corrected chi connectivity index (χ3v) is 5.20. The normalized spacial score (nSPS) is 10.8. The molecule has 0 saturated heterocycles. The summed E-state index contributed by atoms with van der Waals surface area (Å²) in [7, 11) is 1.53. The molecule has 166 valence electrons. The van der Waals surface area contributed by atoms with Crippen molar-refractivity contribution in [2.75, 3.05) is 13.7 Å². The van der Waals surface area contributed by atoms with Crippen LogP contribution in [0.15, 0.2) is 70.2 Å². The van der Waals surface area contributed by atoms with Crippen molar-refractivity contribution in [1.29, 1.82) is 0 Å². The second kappa shape index (κ2) is 11.3. The molecule has 0 aromatic heterocycles. The van der Waals surface area contributed by atoms with Gasteiger partial charge in [-0.05, 0) is 77.3 Å². The van der Waals surface area contributed by atoms with E-state index < -0.39 is 0 Å². The number of hydrogen-bond acceptors (Lipinski definition) is 5. The van der Waals surface area contributed by atoms with Crippen LogP contribution in [0.25, 0.3) is 0 Å². The van der Waals surface area contributed by atoms with E-state index in [0.717, 1.165) is 21.3 Å². The molecule has 0 aliphatic heterocycles. The third kappa shape index (κ3) is 6.34. The predicted molar refractivity (Wildman–Crippen MR) is 129 cm³/mol. The first kappa shape index (κ1) is 23.3. The van der Waals surface area contributed by atoms with E-state index in [1.807, 2.05) is 37.3 Å². The maximum absolute atomic E-state index is 12.4. The smallest absolute Gasteiger partial charge is 0.271 e. The first-order valence-electron chi connectivity index (χ1n) is 10.1. The second-order valence-electron chi connectivity index (χ2n) is 6.96. The van der Waals surface area contributed by atoms with Gasteiger partial charge in [-0.25, -0.2) is 5.43 Å². The van der Waals surface area contributed by atoms with Crippen molar-refractivity contribution in [1.82, 2.24) is 5.43 Å². The van der Waals surface area contributed by atoms with E-state index in [2.05, 4.69) is 45.5 Å². The predicted octanol–water partition coefficient (Wildman–Crippen LogP) is 5.51. The molecular weight excluding hydrogens is 472 g/mol. The molecule has 0 saturated carbocycles. The standard InChI is InChI=1S/C25H25BrN2O4/c1-4-31-23-12-10-20(14-24(23)30-3)25(29)28-27-15-19-9-11-22(21(26)13-19)32-16-18-7-5-17(2)6-8-18/h5-15H,4,16H2,1-3H3,(H,28,29)/b27-15+. The number of nitrogens with one attached hydrogen (secondary N) is 1. The van der Waals surface area contributed by atoms with Crippen LogP contribution in [0.4, 0.5) is 0 Å². The minimum absolute atomic E-state index is 0.347. The van der Waals surface area contributed by atoms with Gasteiger partial charge in [0.15, 0.2) is 11.5 Å². The molecule has 0 unspecified atom stereocenters. The Balaban J connectivity index is 1.58. The van der Waals surface area contributed by atoms with Gasteiger partial charge in [-0.3, -0.25) is 4.79 Å². The van der Waals surface area contributed by atoms with E-state index in [1.165, 1.54) is 12.7 Å². The Hall–Kier alpha value is -3.32. The molecule has 3 rings (SSSR count). The molecule has 0 aliphatic carbocycles. The second-order valence-corrected chi connectivity index (χ2v) is 7.82. The zero-order chi connectivity index (χ0) is 22.9. The fourth-order valence-electron chi connectivity index (χ4n) is 2.87. The number of carbonyl (C=O) groups excluding carboxylic acids is 1. The number of hydrogen-bond donors (Lipinski definition) is 1. The van der Waals surface area contributed by atoms with Crippen LogP contribution in [0.2, 0.25) is 0 Å². The van der Waals surface area contributed by atoms with Crippen molar-refractivity contribution in [2.24, 2.45) is 5.10 Å². The molecule has 0 fully saturated rings. The van der Waals surface area contributed by atoms with Gasteiger partial charge in [-0.2, -0.15) is 5.10 Å². The first-order chi connectivity index (χ1) is 15.5.